The molecule has 1 N–H and O–H groups in total. The summed E-state index contributed by atoms with van der Waals surface area (Å²) < 4.78 is 25.6. The largest absolute Gasteiger partial charge is 0.352 e. The predicted molar refractivity (Wildman–Crippen MR) is 104 cm³/mol. The number of sulfonamides is 1. The second-order valence-corrected chi connectivity index (χ2v) is 9.48. The lowest BCUT2D eigenvalue weighted by Gasteiger charge is -2.33. The van der Waals surface area contributed by atoms with Crippen molar-refractivity contribution in [3.8, 4) is 0 Å². The lowest BCUT2D eigenvalue weighted by Crippen LogP contribution is -2.39. The lowest BCUT2D eigenvalue weighted by molar-refractivity contribution is 0.0949. The van der Waals surface area contributed by atoms with Crippen LogP contribution in [0.2, 0.25) is 5.02 Å². The molecule has 8 heteroatoms. The van der Waals surface area contributed by atoms with Gasteiger partial charge in [-0.3, -0.25) is 4.79 Å². The number of carbonyl (C=O) groups is 1. The first kappa shape index (κ1) is 21.2. The molecule has 1 aliphatic heterocycles. The van der Waals surface area contributed by atoms with Gasteiger partial charge in [-0.05, 0) is 50.9 Å². The van der Waals surface area contributed by atoms with E-state index in [0.29, 0.717) is 12.6 Å². The third-order valence-corrected chi connectivity index (χ3v) is 6.95. The molecule has 0 spiro atoms. The molecule has 1 heterocycles. The Morgan fingerprint density at radius 1 is 1.35 bits per heavy atom. The molecular formula is C18H28ClN3O3S. The van der Waals surface area contributed by atoms with E-state index in [1.807, 2.05) is 0 Å². The van der Waals surface area contributed by atoms with Crippen molar-refractivity contribution in [2.24, 2.45) is 0 Å². The van der Waals surface area contributed by atoms with Crippen LogP contribution >= 0.6 is 11.6 Å². The van der Waals surface area contributed by atoms with Crippen LogP contribution in [-0.4, -0.2) is 63.3 Å². The summed E-state index contributed by atoms with van der Waals surface area (Å²) in [6.45, 7) is 4.84. The number of likely N-dealkylation sites (tertiary alicyclic amines) is 1. The summed E-state index contributed by atoms with van der Waals surface area (Å²) in [6, 6.07) is 4.79. The molecule has 2 rings (SSSR count). The minimum absolute atomic E-state index is 0.0548. The fraction of sp³-hybridized carbons (Fsp3) is 0.611. The fourth-order valence-electron chi connectivity index (χ4n) is 3.12. The van der Waals surface area contributed by atoms with E-state index in [-0.39, 0.29) is 21.4 Å². The van der Waals surface area contributed by atoms with Crippen LogP contribution in [0, 0.1) is 0 Å². The summed E-state index contributed by atoms with van der Waals surface area (Å²) in [7, 11) is -0.708. The topological polar surface area (TPSA) is 69.7 Å². The molecule has 1 aromatic rings. The SMILES string of the molecule is CC1CCCCN1CCCNC(=O)c1cc(S(=O)(=O)N(C)C)ccc1Cl. The smallest absolute Gasteiger partial charge is 0.252 e. The molecule has 0 saturated carbocycles. The van der Waals surface area contributed by atoms with E-state index in [1.54, 1.807) is 0 Å². The molecule has 0 bridgehead atoms. The van der Waals surface area contributed by atoms with Gasteiger partial charge in [0.2, 0.25) is 10.0 Å². The molecule has 1 aromatic carbocycles. The zero-order valence-electron chi connectivity index (χ0n) is 15.7. The second kappa shape index (κ2) is 9.17. The summed E-state index contributed by atoms with van der Waals surface area (Å²) in [5.41, 5.74) is 0.181. The zero-order valence-corrected chi connectivity index (χ0v) is 17.2. The number of nitrogens with one attached hydrogen (secondary N) is 1. The Morgan fingerprint density at radius 3 is 2.73 bits per heavy atom. The van der Waals surface area contributed by atoms with Crippen molar-refractivity contribution < 1.29 is 13.2 Å². The van der Waals surface area contributed by atoms with Gasteiger partial charge >= 0.3 is 0 Å². The molecular weight excluding hydrogens is 374 g/mol. The number of halogens is 1. The van der Waals surface area contributed by atoms with Gasteiger partial charge in [-0.1, -0.05) is 18.0 Å². The molecule has 26 heavy (non-hydrogen) atoms. The van der Waals surface area contributed by atoms with Crippen molar-refractivity contribution in [1.29, 1.82) is 0 Å². The number of benzene rings is 1. The van der Waals surface area contributed by atoms with Crippen molar-refractivity contribution in [2.75, 3.05) is 33.7 Å². The number of hydrogen-bond acceptors (Lipinski definition) is 4. The summed E-state index contributed by atoms with van der Waals surface area (Å²) >= 11 is 6.10. The Morgan fingerprint density at radius 2 is 2.08 bits per heavy atom. The van der Waals surface area contributed by atoms with E-state index < -0.39 is 10.0 Å². The Hall–Kier alpha value is -1.15. The fourth-order valence-corrected chi connectivity index (χ4v) is 4.25. The molecule has 6 nitrogen and oxygen atoms in total. The Balaban J connectivity index is 1.94. The monoisotopic (exact) mass is 401 g/mol. The van der Waals surface area contributed by atoms with E-state index >= 15 is 0 Å². The van der Waals surface area contributed by atoms with Gasteiger partial charge in [0.25, 0.3) is 5.91 Å². The zero-order chi connectivity index (χ0) is 19.3. The Bertz CT molecular complexity index is 737. The van der Waals surface area contributed by atoms with Gasteiger partial charge in [0.05, 0.1) is 15.5 Å². The van der Waals surface area contributed by atoms with Crippen molar-refractivity contribution >= 4 is 27.5 Å². The van der Waals surface area contributed by atoms with Crippen molar-refractivity contribution in [2.45, 2.75) is 43.5 Å². The summed E-state index contributed by atoms with van der Waals surface area (Å²) in [5, 5.41) is 3.08. The molecule has 1 saturated heterocycles. The highest BCUT2D eigenvalue weighted by molar-refractivity contribution is 7.89. The molecule has 0 radical (unpaired) electrons. The summed E-state index contributed by atoms with van der Waals surface area (Å²) in [6.07, 6.45) is 4.61. The van der Waals surface area contributed by atoms with E-state index in [2.05, 4.69) is 17.1 Å². The summed E-state index contributed by atoms with van der Waals surface area (Å²) in [4.78, 5) is 14.9. The van der Waals surface area contributed by atoms with E-state index in [9.17, 15) is 13.2 Å². The lowest BCUT2D eigenvalue weighted by atomic mass is 10.0. The molecule has 1 amide bonds. The highest BCUT2D eigenvalue weighted by Gasteiger charge is 2.21. The van der Waals surface area contributed by atoms with Crippen LogP contribution in [0.4, 0.5) is 0 Å². The maximum Gasteiger partial charge on any atom is 0.252 e. The second-order valence-electron chi connectivity index (χ2n) is 6.92. The molecule has 0 aliphatic carbocycles. The van der Waals surface area contributed by atoms with Crippen LogP contribution in [-0.2, 0) is 10.0 Å². The Labute approximate surface area is 161 Å². The minimum Gasteiger partial charge on any atom is -0.352 e. The minimum atomic E-state index is -3.61. The van der Waals surface area contributed by atoms with Gasteiger partial charge in [-0.2, -0.15) is 0 Å². The predicted octanol–water partition coefficient (Wildman–Crippen LogP) is 2.58. The first-order valence-corrected chi connectivity index (χ1v) is 10.8. The van der Waals surface area contributed by atoms with Crippen LogP contribution in [0.25, 0.3) is 0 Å². The van der Waals surface area contributed by atoms with Gasteiger partial charge in [0.1, 0.15) is 0 Å². The first-order valence-electron chi connectivity index (χ1n) is 8.98. The third-order valence-electron chi connectivity index (χ3n) is 4.81. The number of nitrogens with zero attached hydrogens (tertiary/aromatic N) is 2. The van der Waals surface area contributed by atoms with E-state index in [4.69, 9.17) is 11.6 Å². The van der Waals surface area contributed by atoms with Crippen molar-refractivity contribution in [3.63, 3.8) is 0 Å². The number of amides is 1. The van der Waals surface area contributed by atoms with Crippen LogP contribution in [0.1, 0.15) is 43.0 Å². The quantitative estimate of drug-likeness (QED) is 0.713. The van der Waals surface area contributed by atoms with Crippen LogP contribution < -0.4 is 5.32 Å². The normalized spacial score (nSPS) is 18.9. The average Bonchev–Trinajstić information content (AvgIpc) is 2.60. The van der Waals surface area contributed by atoms with Gasteiger partial charge in [-0.25, -0.2) is 12.7 Å². The average molecular weight is 402 g/mol. The summed E-state index contributed by atoms with van der Waals surface area (Å²) in [5.74, 6) is -0.350. The van der Waals surface area contributed by atoms with E-state index in [0.717, 1.165) is 23.8 Å². The van der Waals surface area contributed by atoms with Crippen LogP contribution in [0.5, 0.6) is 0 Å². The maximum absolute atomic E-state index is 12.4. The van der Waals surface area contributed by atoms with Crippen LogP contribution in [0.15, 0.2) is 23.1 Å². The molecule has 1 atom stereocenters. The number of rotatable bonds is 7. The van der Waals surface area contributed by atoms with Crippen molar-refractivity contribution in [1.82, 2.24) is 14.5 Å². The number of piperidine rings is 1. The molecule has 1 aliphatic rings. The first-order chi connectivity index (χ1) is 12.2. The van der Waals surface area contributed by atoms with Gasteiger partial charge in [0.15, 0.2) is 0 Å². The number of carbonyl (C=O) groups excluding carboxylic acids is 1. The molecule has 1 unspecified atom stereocenters. The number of hydrogen-bond donors (Lipinski definition) is 1. The highest BCUT2D eigenvalue weighted by atomic mass is 35.5. The standard InChI is InChI=1S/C18H28ClN3O3S/c1-14-7-4-5-11-22(14)12-6-10-20-18(23)16-13-15(8-9-17(16)19)26(24,25)21(2)3/h8-9,13-14H,4-7,10-12H2,1-3H3,(H,20,23). The molecule has 146 valence electrons. The van der Waals surface area contributed by atoms with E-state index in [1.165, 1.54) is 51.6 Å². The maximum atomic E-state index is 12.4. The van der Waals surface area contributed by atoms with Gasteiger partial charge in [-0.15, -0.1) is 0 Å². The molecule has 1 fully saturated rings. The van der Waals surface area contributed by atoms with Crippen LogP contribution in [0.3, 0.4) is 0 Å². The molecule has 0 aromatic heterocycles. The van der Waals surface area contributed by atoms with Gasteiger partial charge < -0.3 is 10.2 Å². The van der Waals surface area contributed by atoms with Crippen molar-refractivity contribution in [3.05, 3.63) is 28.8 Å². The Kier molecular flexibility index (Phi) is 7.46. The highest BCUT2D eigenvalue weighted by Crippen LogP contribution is 2.22. The third kappa shape index (κ3) is 5.19. The van der Waals surface area contributed by atoms with Gasteiger partial charge in [0, 0.05) is 33.2 Å².